The summed E-state index contributed by atoms with van der Waals surface area (Å²) < 4.78 is 71.1. The molecule has 7 heteroatoms. The molecule has 3 nitrogen and oxygen atoms in total. The average molecular weight is 641 g/mol. The maximum atomic E-state index is 13.7. The minimum Gasteiger partial charge on any atom is -0.375 e. The number of hydrogen-bond donors (Lipinski definition) is 0. The van der Waals surface area contributed by atoms with Crippen LogP contribution < -0.4 is 4.18 Å². The molecule has 0 heterocycles. The van der Waals surface area contributed by atoms with Crippen molar-refractivity contribution in [3.05, 3.63) is 162 Å². The first-order valence-corrected chi connectivity index (χ1v) is 16.5. The van der Waals surface area contributed by atoms with Crippen molar-refractivity contribution in [2.75, 3.05) is 0 Å². The zero-order valence-corrected chi connectivity index (χ0v) is 25.4. The van der Waals surface area contributed by atoms with Crippen LogP contribution in [0.5, 0.6) is 5.75 Å². The summed E-state index contributed by atoms with van der Waals surface area (Å²) in [5, 5.41) is 2.96. The molecule has 0 aromatic heterocycles. The van der Waals surface area contributed by atoms with Gasteiger partial charge in [0.2, 0.25) is 0 Å². The fourth-order valence-electron chi connectivity index (χ4n) is 7.84. The molecule has 0 amide bonds. The van der Waals surface area contributed by atoms with Crippen LogP contribution in [-0.4, -0.2) is 13.9 Å². The zero-order chi connectivity index (χ0) is 32.1. The van der Waals surface area contributed by atoms with Gasteiger partial charge in [0.25, 0.3) is 0 Å². The van der Waals surface area contributed by atoms with Gasteiger partial charge in [-0.1, -0.05) is 121 Å². The van der Waals surface area contributed by atoms with Crippen molar-refractivity contribution in [2.45, 2.75) is 10.9 Å². The number of rotatable bonds is 3. The van der Waals surface area contributed by atoms with Crippen molar-refractivity contribution in [2.24, 2.45) is 0 Å². The third-order valence-corrected chi connectivity index (χ3v) is 10.6. The molecule has 1 spiro atoms. The molecule has 228 valence electrons. The largest absolute Gasteiger partial charge is 0.534 e. The molecule has 0 fully saturated rings. The molecule has 47 heavy (non-hydrogen) atoms. The van der Waals surface area contributed by atoms with Crippen LogP contribution in [0.4, 0.5) is 13.2 Å². The summed E-state index contributed by atoms with van der Waals surface area (Å²) in [6.07, 6.45) is 0. The van der Waals surface area contributed by atoms with Crippen LogP contribution in [0.2, 0.25) is 0 Å². The monoisotopic (exact) mass is 640 g/mol. The van der Waals surface area contributed by atoms with E-state index in [1.165, 1.54) is 6.07 Å². The molecule has 0 aliphatic heterocycles. The number of hydrogen-bond acceptors (Lipinski definition) is 3. The van der Waals surface area contributed by atoms with Gasteiger partial charge in [-0.15, -0.1) is 0 Å². The summed E-state index contributed by atoms with van der Waals surface area (Å²) in [4.78, 5) is 0. The molecular formula is C40H23F3O3S. The number of halogens is 3. The van der Waals surface area contributed by atoms with Crippen molar-refractivity contribution < 1.29 is 25.8 Å². The summed E-state index contributed by atoms with van der Waals surface area (Å²) in [5.74, 6) is -0.386. The Morgan fingerprint density at radius 1 is 0.489 bits per heavy atom. The fourth-order valence-corrected chi connectivity index (χ4v) is 8.31. The van der Waals surface area contributed by atoms with Crippen molar-refractivity contribution in [3.8, 4) is 39.1 Å². The van der Waals surface area contributed by atoms with Crippen molar-refractivity contribution in [1.82, 2.24) is 0 Å². The minimum atomic E-state index is -5.96. The third-order valence-electron chi connectivity index (χ3n) is 9.62. The van der Waals surface area contributed by atoms with Gasteiger partial charge in [-0.2, -0.15) is 21.6 Å². The van der Waals surface area contributed by atoms with E-state index < -0.39 is 21.0 Å². The molecule has 7 aromatic rings. The van der Waals surface area contributed by atoms with E-state index in [-0.39, 0.29) is 11.3 Å². The lowest BCUT2D eigenvalue weighted by molar-refractivity contribution is -0.0499. The Morgan fingerprint density at radius 2 is 0.979 bits per heavy atom. The van der Waals surface area contributed by atoms with E-state index in [9.17, 15) is 21.6 Å². The van der Waals surface area contributed by atoms with Crippen molar-refractivity contribution in [1.29, 1.82) is 0 Å². The van der Waals surface area contributed by atoms with Crippen LogP contribution in [0.1, 0.15) is 22.3 Å². The van der Waals surface area contributed by atoms with Gasteiger partial charge < -0.3 is 4.18 Å². The Morgan fingerprint density at radius 3 is 1.60 bits per heavy atom. The molecular weight excluding hydrogens is 617 g/mol. The van der Waals surface area contributed by atoms with Gasteiger partial charge in [0.1, 0.15) is 0 Å². The van der Waals surface area contributed by atoms with E-state index in [0.717, 1.165) is 60.7 Å². The first-order valence-electron chi connectivity index (χ1n) is 15.1. The molecule has 0 N–H and O–H groups in total. The maximum absolute atomic E-state index is 13.7. The summed E-state index contributed by atoms with van der Waals surface area (Å²) in [5.41, 5.74) is 3.18. The number of alkyl halides is 3. The second-order valence-electron chi connectivity index (χ2n) is 12.0. The van der Waals surface area contributed by atoms with Gasteiger partial charge in [-0.25, -0.2) is 0 Å². The third kappa shape index (κ3) is 3.72. The molecule has 0 bridgehead atoms. The van der Waals surface area contributed by atoms with Crippen LogP contribution in [0.25, 0.3) is 54.9 Å². The molecule has 7 aromatic carbocycles. The van der Waals surface area contributed by atoms with Gasteiger partial charge in [0, 0.05) is 5.56 Å². The van der Waals surface area contributed by atoms with Gasteiger partial charge >= 0.3 is 15.6 Å². The highest BCUT2D eigenvalue weighted by molar-refractivity contribution is 7.88. The lowest BCUT2D eigenvalue weighted by Crippen LogP contribution is -2.28. The average Bonchev–Trinajstić information content (AvgIpc) is 3.54. The lowest BCUT2D eigenvalue weighted by Gasteiger charge is -2.31. The highest BCUT2D eigenvalue weighted by Gasteiger charge is 2.52. The van der Waals surface area contributed by atoms with Gasteiger partial charge in [0.15, 0.2) is 5.75 Å². The Bertz CT molecular complexity index is 2520. The SMILES string of the molecule is O=S(=O)(Oc1cc2ccccc2cc1-c1cc2c(c3ccccc13)-c1ccccc1C21c2ccccc2-c2ccccc21)C(F)(F)F. The van der Waals surface area contributed by atoms with Crippen LogP contribution in [0.3, 0.4) is 0 Å². The summed E-state index contributed by atoms with van der Waals surface area (Å²) in [6, 6.07) is 45.1. The highest BCUT2D eigenvalue weighted by Crippen LogP contribution is 2.64. The molecule has 0 unspecified atom stereocenters. The molecule has 2 aliphatic carbocycles. The number of benzene rings is 7. The predicted molar refractivity (Wildman–Crippen MR) is 179 cm³/mol. The Balaban J connectivity index is 1.44. The molecule has 9 rings (SSSR count). The summed E-state index contributed by atoms with van der Waals surface area (Å²) in [6.45, 7) is 0. The van der Waals surface area contributed by atoms with Crippen LogP contribution in [-0.2, 0) is 15.5 Å². The topological polar surface area (TPSA) is 43.4 Å². The first-order chi connectivity index (χ1) is 22.7. The number of fused-ring (bicyclic) bond motifs is 13. The van der Waals surface area contributed by atoms with E-state index in [4.69, 9.17) is 4.18 Å². The summed E-state index contributed by atoms with van der Waals surface area (Å²) >= 11 is 0. The molecule has 2 aliphatic rings. The molecule has 0 atom stereocenters. The zero-order valence-electron chi connectivity index (χ0n) is 24.5. The van der Waals surface area contributed by atoms with E-state index in [0.29, 0.717) is 10.9 Å². The smallest absolute Gasteiger partial charge is 0.375 e. The first kappa shape index (κ1) is 27.9. The molecule has 0 saturated carbocycles. The van der Waals surface area contributed by atoms with E-state index >= 15 is 0 Å². The van der Waals surface area contributed by atoms with Gasteiger partial charge in [-0.3, -0.25) is 0 Å². The maximum Gasteiger partial charge on any atom is 0.534 e. The molecule has 0 radical (unpaired) electrons. The van der Waals surface area contributed by atoms with Crippen molar-refractivity contribution in [3.63, 3.8) is 0 Å². The highest BCUT2D eigenvalue weighted by atomic mass is 32.2. The van der Waals surface area contributed by atoms with Crippen molar-refractivity contribution >= 4 is 31.7 Å². The Kier molecular flexibility index (Phi) is 5.67. The van der Waals surface area contributed by atoms with Crippen LogP contribution in [0, 0.1) is 0 Å². The minimum absolute atomic E-state index is 0.251. The second-order valence-corrected chi connectivity index (χ2v) is 13.5. The summed E-state index contributed by atoms with van der Waals surface area (Å²) in [7, 11) is -5.96. The van der Waals surface area contributed by atoms with Gasteiger partial charge in [-0.05, 0) is 89.8 Å². The Hall–Kier alpha value is -5.40. The van der Waals surface area contributed by atoms with Gasteiger partial charge in [0.05, 0.1) is 5.41 Å². The van der Waals surface area contributed by atoms with Crippen LogP contribution >= 0.6 is 0 Å². The quantitative estimate of drug-likeness (QED) is 0.143. The van der Waals surface area contributed by atoms with E-state index in [2.05, 4.69) is 36.4 Å². The van der Waals surface area contributed by atoms with E-state index in [1.807, 2.05) is 78.9 Å². The van der Waals surface area contributed by atoms with E-state index in [1.54, 1.807) is 18.2 Å². The lowest BCUT2D eigenvalue weighted by atomic mass is 9.70. The Labute approximate surface area is 268 Å². The second kappa shape index (κ2) is 9.56. The molecule has 0 saturated heterocycles. The standard InChI is InChI=1S/C40H23F3O3S/c41-40(42,43)47(44,45)46-37-22-25-12-2-1-11-24(25)21-32(37)31-23-36-38(29-16-4-3-13-26(29)31)30-17-7-10-20-35(30)39(36)33-18-8-5-14-27(33)28-15-6-9-19-34(28)39/h1-23H. The predicted octanol–water partition coefficient (Wildman–Crippen LogP) is 10.2. The fraction of sp³-hybridized carbons (Fsp3) is 0.0500. The normalized spacial score (nSPS) is 14.2. The van der Waals surface area contributed by atoms with Crippen LogP contribution in [0.15, 0.2) is 140 Å².